The molecule has 0 aromatic carbocycles. The molecule has 1 saturated heterocycles. The number of aromatic nitrogens is 1. The lowest BCUT2D eigenvalue weighted by Crippen LogP contribution is -2.36. The van der Waals surface area contributed by atoms with Gasteiger partial charge in [-0.15, -0.1) is 0 Å². The number of hydrogen-bond acceptors (Lipinski definition) is 3. The first-order valence-electron chi connectivity index (χ1n) is 4.11. The molecule has 0 unspecified atom stereocenters. The molecular weight excluding hydrogens is 152 g/mol. The van der Waals surface area contributed by atoms with E-state index in [2.05, 4.69) is 16.1 Å². The number of pyridine rings is 1. The summed E-state index contributed by atoms with van der Waals surface area (Å²) >= 11 is 0. The Kier molecular flexibility index (Phi) is 2.23. The quantitative estimate of drug-likeness (QED) is 0.610. The molecular formula is C9H11N2O. The number of rotatable bonds is 1. The first kappa shape index (κ1) is 7.55. The molecule has 1 fully saturated rings. The summed E-state index contributed by atoms with van der Waals surface area (Å²) in [5, 5.41) is 0. The topological polar surface area (TPSA) is 25.4 Å². The van der Waals surface area contributed by atoms with Crippen molar-refractivity contribution < 1.29 is 4.74 Å². The summed E-state index contributed by atoms with van der Waals surface area (Å²) in [5.74, 6) is 0. The summed E-state index contributed by atoms with van der Waals surface area (Å²) in [7, 11) is 0. The maximum absolute atomic E-state index is 5.25. The van der Waals surface area contributed by atoms with Crippen LogP contribution in [0.3, 0.4) is 0 Å². The Morgan fingerprint density at radius 3 is 2.92 bits per heavy atom. The van der Waals surface area contributed by atoms with Gasteiger partial charge in [0, 0.05) is 13.1 Å². The maximum atomic E-state index is 5.25. The zero-order chi connectivity index (χ0) is 8.23. The van der Waals surface area contributed by atoms with Crippen molar-refractivity contribution in [1.82, 2.24) is 4.98 Å². The minimum atomic E-state index is 0.818. The standard InChI is InChI=1S/C9H11N2O/c1-2-9(8-10-3-1)11-4-6-12-7-5-11/h1-2,8H,4-7H2. The number of morpholine rings is 1. The van der Waals surface area contributed by atoms with E-state index in [1.54, 1.807) is 0 Å². The van der Waals surface area contributed by atoms with Crippen LogP contribution in [0.15, 0.2) is 18.3 Å². The SMILES string of the molecule is [c]1ccc(N2CCOCC2)cn1. The van der Waals surface area contributed by atoms with Gasteiger partial charge in [0.25, 0.3) is 0 Å². The van der Waals surface area contributed by atoms with E-state index in [0.29, 0.717) is 0 Å². The third-order valence-electron chi connectivity index (χ3n) is 1.98. The van der Waals surface area contributed by atoms with Gasteiger partial charge in [0.05, 0.1) is 31.3 Å². The van der Waals surface area contributed by atoms with Gasteiger partial charge in [-0.2, -0.15) is 0 Å². The van der Waals surface area contributed by atoms with Crippen LogP contribution in [-0.2, 0) is 4.74 Å². The van der Waals surface area contributed by atoms with Crippen LogP contribution < -0.4 is 4.90 Å². The van der Waals surface area contributed by atoms with Crippen LogP contribution in [-0.4, -0.2) is 31.3 Å². The van der Waals surface area contributed by atoms with Gasteiger partial charge in [0.15, 0.2) is 0 Å². The number of ether oxygens (including phenoxy) is 1. The third-order valence-corrected chi connectivity index (χ3v) is 1.98. The van der Waals surface area contributed by atoms with Crippen LogP contribution >= 0.6 is 0 Å². The Hall–Kier alpha value is -1.09. The van der Waals surface area contributed by atoms with Crippen molar-refractivity contribution in [3.05, 3.63) is 24.5 Å². The monoisotopic (exact) mass is 163 g/mol. The second-order valence-corrected chi connectivity index (χ2v) is 2.74. The molecule has 1 aliphatic rings. The van der Waals surface area contributed by atoms with E-state index in [1.165, 1.54) is 0 Å². The lowest BCUT2D eigenvalue weighted by Gasteiger charge is -2.28. The third kappa shape index (κ3) is 1.56. The first-order valence-corrected chi connectivity index (χ1v) is 4.11. The summed E-state index contributed by atoms with van der Waals surface area (Å²) in [6.45, 7) is 3.56. The molecule has 0 N–H and O–H groups in total. The predicted octanol–water partition coefficient (Wildman–Crippen LogP) is 0.718. The van der Waals surface area contributed by atoms with Gasteiger partial charge in [-0.1, -0.05) is 0 Å². The summed E-state index contributed by atoms with van der Waals surface area (Å²) in [4.78, 5) is 6.22. The molecule has 2 heterocycles. The molecule has 3 heteroatoms. The van der Waals surface area contributed by atoms with Gasteiger partial charge in [-0.3, -0.25) is 4.98 Å². The van der Waals surface area contributed by atoms with Crippen molar-refractivity contribution >= 4 is 5.69 Å². The molecule has 0 aliphatic carbocycles. The van der Waals surface area contributed by atoms with Crippen molar-refractivity contribution in [2.24, 2.45) is 0 Å². The smallest absolute Gasteiger partial charge is 0.0887 e. The van der Waals surface area contributed by atoms with Crippen molar-refractivity contribution in [1.29, 1.82) is 0 Å². The Balaban J connectivity index is 2.08. The minimum Gasteiger partial charge on any atom is -0.378 e. The predicted molar refractivity (Wildman–Crippen MR) is 46.1 cm³/mol. The first-order chi connectivity index (χ1) is 5.97. The minimum absolute atomic E-state index is 0.818. The fraction of sp³-hybridized carbons (Fsp3) is 0.444. The largest absolute Gasteiger partial charge is 0.378 e. The zero-order valence-electron chi connectivity index (χ0n) is 6.86. The van der Waals surface area contributed by atoms with E-state index in [9.17, 15) is 0 Å². The van der Waals surface area contributed by atoms with Crippen LogP contribution in [0.2, 0.25) is 0 Å². The fourth-order valence-electron chi connectivity index (χ4n) is 1.32. The number of hydrogen-bond donors (Lipinski definition) is 0. The highest BCUT2D eigenvalue weighted by atomic mass is 16.5. The summed E-state index contributed by atoms with van der Waals surface area (Å²) in [6, 6.07) is 3.86. The number of anilines is 1. The van der Waals surface area contributed by atoms with Crippen LogP contribution in [0.5, 0.6) is 0 Å². The molecule has 1 aliphatic heterocycles. The Bertz CT molecular complexity index is 232. The highest BCUT2D eigenvalue weighted by Crippen LogP contribution is 2.12. The molecule has 1 aromatic rings. The molecule has 0 atom stereocenters. The highest BCUT2D eigenvalue weighted by Gasteiger charge is 2.09. The molecule has 0 bridgehead atoms. The maximum Gasteiger partial charge on any atom is 0.0887 e. The van der Waals surface area contributed by atoms with E-state index in [0.717, 1.165) is 32.0 Å². The summed E-state index contributed by atoms with van der Waals surface area (Å²) in [6.07, 6.45) is 4.60. The second-order valence-electron chi connectivity index (χ2n) is 2.74. The van der Waals surface area contributed by atoms with Crippen molar-refractivity contribution in [2.45, 2.75) is 0 Å². The lowest BCUT2D eigenvalue weighted by molar-refractivity contribution is 0.122. The Labute approximate surface area is 72.0 Å². The van der Waals surface area contributed by atoms with Gasteiger partial charge in [-0.25, -0.2) is 0 Å². The van der Waals surface area contributed by atoms with E-state index in [1.807, 2.05) is 18.3 Å². The normalized spacial score (nSPS) is 17.8. The number of nitrogens with zero attached hydrogens (tertiary/aromatic N) is 2. The van der Waals surface area contributed by atoms with Gasteiger partial charge in [-0.05, 0) is 12.1 Å². The van der Waals surface area contributed by atoms with Crippen LogP contribution in [0.25, 0.3) is 0 Å². The van der Waals surface area contributed by atoms with Crippen LogP contribution in [0, 0.1) is 6.20 Å². The Morgan fingerprint density at radius 1 is 1.42 bits per heavy atom. The highest BCUT2D eigenvalue weighted by molar-refractivity contribution is 5.43. The average Bonchev–Trinajstić information content (AvgIpc) is 2.21. The van der Waals surface area contributed by atoms with Crippen molar-refractivity contribution in [3.63, 3.8) is 0 Å². The van der Waals surface area contributed by atoms with Crippen LogP contribution in [0.4, 0.5) is 5.69 Å². The molecule has 63 valence electrons. The van der Waals surface area contributed by atoms with Gasteiger partial charge in [0.2, 0.25) is 0 Å². The molecule has 12 heavy (non-hydrogen) atoms. The molecule has 1 radical (unpaired) electrons. The molecule has 2 rings (SSSR count). The van der Waals surface area contributed by atoms with E-state index >= 15 is 0 Å². The van der Waals surface area contributed by atoms with Crippen LogP contribution in [0.1, 0.15) is 0 Å². The molecule has 0 saturated carbocycles. The molecule has 0 spiro atoms. The summed E-state index contributed by atoms with van der Waals surface area (Å²) < 4.78 is 5.25. The van der Waals surface area contributed by atoms with Crippen molar-refractivity contribution in [3.8, 4) is 0 Å². The zero-order valence-corrected chi connectivity index (χ0v) is 6.86. The van der Waals surface area contributed by atoms with E-state index in [4.69, 9.17) is 4.74 Å². The van der Waals surface area contributed by atoms with E-state index < -0.39 is 0 Å². The van der Waals surface area contributed by atoms with Gasteiger partial charge < -0.3 is 9.64 Å². The second kappa shape index (κ2) is 3.54. The summed E-state index contributed by atoms with van der Waals surface area (Å²) in [5.41, 5.74) is 1.16. The van der Waals surface area contributed by atoms with Gasteiger partial charge in [0.1, 0.15) is 0 Å². The van der Waals surface area contributed by atoms with Crippen molar-refractivity contribution in [2.75, 3.05) is 31.2 Å². The molecule has 0 amide bonds. The van der Waals surface area contributed by atoms with Gasteiger partial charge >= 0.3 is 0 Å². The van der Waals surface area contributed by atoms with E-state index in [-0.39, 0.29) is 0 Å². The lowest BCUT2D eigenvalue weighted by atomic mass is 10.3. The molecule has 1 aromatic heterocycles. The Morgan fingerprint density at radius 2 is 2.25 bits per heavy atom. The average molecular weight is 163 g/mol. The fourth-order valence-corrected chi connectivity index (χ4v) is 1.32. The molecule has 3 nitrogen and oxygen atoms in total.